The van der Waals surface area contributed by atoms with Gasteiger partial charge in [0.2, 0.25) is 0 Å². The normalized spacial score (nSPS) is 8.47. The van der Waals surface area contributed by atoms with E-state index in [1.807, 2.05) is 0 Å². The van der Waals surface area contributed by atoms with E-state index >= 15 is 0 Å². The standard InChI is InChI=1S/C4H6O4.C4H4O4.Na/c2*5-3(6)1-2-4(7)8;/h1-2H2,(H,5,6)(H,7,8);1-2H,(H,5,6)(H,7,8);/b;2-1+;. The van der Waals surface area contributed by atoms with Crippen LogP contribution in [0, 0.1) is 0 Å². The molecule has 0 unspecified atom stereocenters. The maximum atomic E-state index is 9.64. The molecule has 91 valence electrons. The minimum absolute atomic E-state index is 0. The fourth-order valence-electron chi connectivity index (χ4n) is 0.356. The molecule has 0 aromatic rings. The predicted octanol–water partition coefficient (Wildman–Crippen LogP) is -0.733. The Morgan fingerprint density at radius 1 is 0.706 bits per heavy atom. The van der Waals surface area contributed by atoms with Crippen LogP contribution in [-0.2, 0) is 19.2 Å². The van der Waals surface area contributed by atoms with E-state index in [1.54, 1.807) is 0 Å². The zero-order valence-corrected chi connectivity index (χ0v) is 11.0. The number of carbonyl (C=O) groups is 4. The number of rotatable bonds is 5. The minimum atomic E-state index is -1.26. The molecule has 9 heteroatoms. The van der Waals surface area contributed by atoms with Gasteiger partial charge in [0.05, 0.1) is 12.8 Å². The predicted molar refractivity (Wildman–Crippen MR) is 54.7 cm³/mol. The minimum Gasteiger partial charge on any atom is -0.481 e. The zero-order chi connectivity index (χ0) is 13.1. The average Bonchev–Trinajstić information content (AvgIpc) is 2.12. The molecule has 17 heavy (non-hydrogen) atoms. The van der Waals surface area contributed by atoms with Gasteiger partial charge in [0.15, 0.2) is 0 Å². The first kappa shape index (κ1) is 21.0. The summed E-state index contributed by atoms with van der Waals surface area (Å²) >= 11 is 0. The summed E-state index contributed by atoms with van der Waals surface area (Å²) in [7, 11) is 0. The van der Waals surface area contributed by atoms with Crippen molar-refractivity contribution < 1.29 is 39.6 Å². The van der Waals surface area contributed by atoms with Gasteiger partial charge in [0.1, 0.15) is 0 Å². The quantitative estimate of drug-likeness (QED) is 0.371. The smallest absolute Gasteiger partial charge is 0.328 e. The summed E-state index contributed by atoms with van der Waals surface area (Å²) < 4.78 is 0. The molecule has 0 aliphatic heterocycles. The van der Waals surface area contributed by atoms with E-state index in [9.17, 15) is 19.2 Å². The molecule has 1 radical (unpaired) electrons. The van der Waals surface area contributed by atoms with Gasteiger partial charge in [-0.25, -0.2) is 9.59 Å². The van der Waals surface area contributed by atoms with Gasteiger partial charge in [-0.3, -0.25) is 9.59 Å². The van der Waals surface area contributed by atoms with Crippen molar-refractivity contribution in [3.05, 3.63) is 12.2 Å². The molecule has 0 fully saturated rings. The molecule has 0 saturated heterocycles. The van der Waals surface area contributed by atoms with Crippen LogP contribution in [0.2, 0.25) is 0 Å². The van der Waals surface area contributed by atoms with Crippen LogP contribution < -0.4 is 0 Å². The Labute approximate surface area is 118 Å². The molecule has 0 aliphatic rings. The van der Waals surface area contributed by atoms with Gasteiger partial charge in [0, 0.05) is 41.7 Å². The maximum absolute atomic E-state index is 9.64. The van der Waals surface area contributed by atoms with Gasteiger partial charge in [-0.2, -0.15) is 0 Å². The Balaban J connectivity index is -0.000000218. The second-order valence-electron chi connectivity index (χ2n) is 2.30. The van der Waals surface area contributed by atoms with Gasteiger partial charge in [-0.1, -0.05) is 0 Å². The number of hydrogen-bond donors (Lipinski definition) is 4. The molecule has 0 aromatic heterocycles. The third-order valence-electron chi connectivity index (χ3n) is 0.921. The molecule has 0 amide bonds. The van der Waals surface area contributed by atoms with Gasteiger partial charge in [-0.15, -0.1) is 0 Å². The molecule has 0 heterocycles. The second kappa shape index (κ2) is 12.7. The molecule has 0 aromatic carbocycles. The fourth-order valence-corrected chi connectivity index (χ4v) is 0.356. The third kappa shape index (κ3) is 31.3. The van der Waals surface area contributed by atoms with Crippen molar-refractivity contribution in [3.63, 3.8) is 0 Å². The van der Waals surface area contributed by atoms with Crippen LogP contribution in [-0.4, -0.2) is 73.9 Å². The van der Waals surface area contributed by atoms with E-state index in [0.29, 0.717) is 12.2 Å². The fraction of sp³-hybridized carbons (Fsp3) is 0.250. The summed E-state index contributed by atoms with van der Waals surface area (Å²) in [6.45, 7) is 0. The molecular weight excluding hydrogens is 247 g/mol. The van der Waals surface area contributed by atoms with E-state index in [4.69, 9.17) is 20.4 Å². The molecular formula is C8H10NaO8. The van der Waals surface area contributed by atoms with Crippen LogP contribution in [0.15, 0.2) is 12.2 Å². The first-order valence-corrected chi connectivity index (χ1v) is 3.83. The Bertz CT molecular complexity index is 279. The van der Waals surface area contributed by atoms with Crippen molar-refractivity contribution in [2.75, 3.05) is 0 Å². The summed E-state index contributed by atoms with van der Waals surface area (Å²) in [5.41, 5.74) is 0. The van der Waals surface area contributed by atoms with Crippen LogP contribution in [0.25, 0.3) is 0 Å². The van der Waals surface area contributed by atoms with Crippen molar-refractivity contribution >= 4 is 53.4 Å². The van der Waals surface area contributed by atoms with Crippen LogP contribution in [0.5, 0.6) is 0 Å². The van der Waals surface area contributed by atoms with Gasteiger partial charge in [-0.05, 0) is 0 Å². The molecule has 0 saturated carbocycles. The van der Waals surface area contributed by atoms with Crippen LogP contribution in [0.4, 0.5) is 0 Å². The summed E-state index contributed by atoms with van der Waals surface area (Å²) in [5.74, 6) is -4.67. The second-order valence-corrected chi connectivity index (χ2v) is 2.30. The Morgan fingerprint density at radius 2 is 0.941 bits per heavy atom. The van der Waals surface area contributed by atoms with Crippen molar-refractivity contribution in [2.45, 2.75) is 12.8 Å². The van der Waals surface area contributed by atoms with E-state index in [1.165, 1.54) is 0 Å². The van der Waals surface area contributed by atoms with Crippen molar-refractivity contribution in [2.24, 2.45) is 0 Å². The van der Waals surface area contributed by atoms with Crippen molar-refractivity contribution in [1.82, 2.24) is 0 Å². The van der Waals surface area contributed by atoms with Crippen molar-refractivity contribution in [1.29, 1.82) is 0 Å². The van der Waals surface area contributed by atoms with Gasteiger partial charge in [0.25, 0.3) is 0 Å². The average molecular weight is 257 g/mol. The number of aliphatic carboxylic acids is 4. The van der Waals surface area contributed by atoms with Crippen LogP contribution >= 0.6 is 0 Å². The summed E-state index contributed by atoms with van der Waals surface area (Å²) in [5, 5.41) is 31.4. The maximum Gasteiger partial charge on any atom is 0.328 e. The monoisotopic (exact) mass is 257 g/mol. The van der Waals surface area contributed by atoms with Gasteiger partial charge >= 0.3 is 23.9 Å². The first-order chi connectivity index (χ1) is 7.25. The summed E-state index contributed by atoms with van der Waals surface area (Å²) in [6, 6.07) is 0. The summed E-state index contributed by atoms with van der Waals surface area (Å²) in [4.78, 5) is 38.4. The first-order valence-electron chi connectivity index (χ1n) is 3.83. The number of carboxylic acids is 4. The summed E-state index contributed by atoms with van der Waals surface area (Å²) in [6.07, 6.45) is 0.523. The number of hydrogen-bond acceptors (Lipinski definition) is 4. The third-order valence-corrected chi connectivity index (χ3v) is 0.921. The number of carboxylic acid groups (broad SMARTS) is 4. The zero-order valence-electron chi connectivity index (χ0n) is 8.99. The SMILES string of the molecule is O=C(O)/C=C/C(=O)O.O=C(O)CCC(=O)O.[Na]. The van der Waals surface area contributed by atoms with Crippen molar-refractivity contribution in [3.8, 4) is 0 Å². The molecule has 0 bridgehead atoms. The van der Waals surface area contributed by atoms with E-state index in [0.717, 1.165) is 0 Å². The topological polar surface area (TPSA) is 149 Å². The van der Waals surface area contributed by atoms with E-state index < -0.39 is 23.9 Å². The van der Waals surface area contributed by atoms with Crippen LogP contribution in [0.3, 0.4) is 0 Å². The van der Waals surface area contributed by atoms with E-state index in [2.05, 4.69) is 0 Å². The van der Waals surface area contributed by atoms with Gasteiger partial charge < -0.3 is 20.4 Å². The molecule has 0 aliphatic carbocycles. The Hall–Kier alpha value is -1.38. The Kier molecular flexibility index (Phi) is 15.6. The molecule has 4 N–H and O–H groups in total. The largest absolute Gasteiger partial charge is 0.481 e. The Morgan fingerprint density at radius 3 is 1.06 bits per heavy atom. The molecule has 8 nitrogen and oxygen atoms in total. The molecule has 0 spiro atoms. The van der Waals surface area contributed by atoms with E-state index in [-0.39, 0.29) is 42.4 Å². The van der Waals surface area contributed by atoms with Crippen LogP contribution in [0.1, 0.15) is 12.8 Å². The molecule has 0 rings (SSSR count). The molecule has 0 atom stereocenters.